The fraction of sp³-hybridized carbons (Fsp3) is 0.179. The van der Waals surface area contributed by atoms with Crippen molar-refractivity contribution in [2.75, 3.05) is 17.7 Å². The highest BCUT2D eigenvalue weighted by Gasteiger charge is 2.28. The minimum Gasteiger partial charge on any atom is -0.465 e. The van der Waals surface area contributed by atoms with Gasteiger partial charge in [-0.15, -0.1) is 23.1 Å². The molecule has 49 heavy (non-hydrogen) atoms. The molecule has 3 amide bonds. The molecule has 248 valence electrons. The fourth-order valence-electron chi connectivity index (χ4n) is 5.76. The van der Waals surface area contributed by atoms with Gasteiger partial charge in [0.05, 0.1) is 17.9 Å². The molecule has 0 aliphatic heterocycles. The molecule has 0 saturated carbocycles. The number of benzene rings is 4. The molecule has 1 atom stereocenters. The molecule has 1 aliphatic carbocycles. The van der Waals surface area contributed by atoms with Gasteiger partial charge in [0.15, 0.2) is 0 Å². The first kappa shape index (κ1) is 33.7. The first-order chi connectivity index (χ1) is 23.8. The molecular formula is C39H35N3O5S2. The summed E-state index contributed by atoms with van der Waals surface area (Å²) in [7, 11) is 1.35. The summed E-state index contributed by atoms with van der Waals surface area (Å²) in [6.45, 7) is 1.79. The number of ether oxygens (including phenoxy) is 1. The number of hydrogen-bond donors (Lipinski definition) is 3. The van der Waals surface area contributed by atoms with Gasteiger partial charge < -0.3 is 20.7 Å². The molecule has 10 heteroatoms. The summed E-state index contributed by atoms with van der Waals surface area (Å²) >= 11 is 2.78. The molecule has 8 nitrogen and oxygen atoms in total. The van der Waals surface area contributed by atoms with Crippen LogP contribution in [0.4, 0.5) is 10.7 Å². The average Bonchev–Trinajstić information content (AvgIpc) is 3.49. The van der Waals surface area contributed by atoms with Gasteiger partial charge in [0.2, 0.25) is 5.91 Å². The van der Waals surface area contributed by atoms with Crippen molar-refractivity contribution in [1.82, 2.24) is 5.32 Å². The smallest absolute Gasteiger partial charge is 0.341 e. The second-order valence-corrected chi connectivity index (χ2v) is 14.1. The maximum Gasteiger partial charge on any atom is 0.341 e. The van der Waals surface area contributed by atoms with Crippen molar-refractivity contribution >= 4 is 74.3 Å². The SMILES string of the molecule is COC(=O)c1c(NC(=O)C(C)Sc2cccc(NC(=O)/C(=C\c3cccc4ccccc34)NC(=O)c3ccccc3)c2)sc2c1CCCC2. The van der Waals surface area contributed by atoms with Gasteiger partial charge in [-0.05, 0) is 90.9 Å². The lowest BCUT2D eigenvalue weighted by atomic mass is 9.95. The lowest BCUT2D eigenvalue weighted by Gasteiger charge is -2.15. The van der Waals surface area contributed by atoms with E-state index >= 15 is 0 Å². The number of hydrogen-bond acceptors (Lipinski definition) is 7. The molecule has 0 saturated heterocycles. The van der Waals surface area contributed by atoms with Crippen molar-refractivity contribution < 1.29 is 23.9 Å². The summed E-state index contributed by atoms with van der Waals surface area (Å²) in [6.07, 6.45) is 5.41. The molecule has 4 aromatic carbocycles. The highest BCUT2D eigenvalue weighted by Crippen LogP contribution is 2.39. The Kier molecular flexibility index (Phi) is 10.6. The Balaban J connectivity index is 1.19. The molecule has 6 rings (SSSR count). The van der Waals surface area contributed by atoms with E-state index in [1.165, 1.54) is 30.2 Å². The van der Waals surface area contributed by atoms with Crippen LogP contribution < -0.4 is 16.0 Å². The summed E-state index contributed by atoms with van der Waals surface area (Å²) in [5.41, 5.74) is 3.23. The molecule has 0 spiro atoms. The number of amides is 3. The molecule has 1 aliphatic rings. The predicted octanol–water partition coefficient (Wildman–Crippen LogP) is 8.10. The van der Waals surface area contributed by atoms with E-state index in [0.29, 0.717) is 21.8 Å². The van der Waals surface area contributed by atoms with Crippen molar-refractivity contribution in [3.05, 3.63) is 130 Å². The van der Waals surface area contributed by atoms with E-state index in [2.05, 4.69) is 16.0 Å². The van der Waals surface area contributed by atoms with Gasteiger partial charge in [-0.1, -0.05) is 66.7 Å². The van der Waals surface area contributed by atoms with Gasteiger partial charge in [-0.2, -0.15) is 0 Å². The predicted molar refractivity (Wildman–Crippen MR) is 197 cm³/mol. The maximum absolute atomic E-state index is 13.8. The summed E-state index contributed by atoms with van der Waals surface area (Å²) < 4.78 is 5.05. The first-order valence-electron chi connectivity index (χ1n) is 16.0. The lowest BCUT2D eigenvalue weighted by Crippen LogP contribution is -2.30. The summed E-state index contributed by atoms with van der Waals surface area (Å²) in [4.78, 5) is 54.8. The van der Waals surface area contributed by atoms with Gasteiger partial charge in [-0.25, -0.2) is 4.79 Å². The zero-order valence-corrected chi connectivity index (χ0v) is 28.7. The van der Waals surface area contributed by atoms with Crippen molar-refractivity contribution in [3.8, 4) is 0 Å². The first-order valence-corrected chi connectivity index (χ1v) is 17.7. The third kappa shape index (κ3) is 7.93. The Morgan fingerprint density at radius 3 is 2.41 bits per heavy atom. The Labute approximate surface area is 293 Å². The van der Waals surface area contributed by atoms with E-state index in [1.807, 2.05) is 54.6 Å². The van der Waals surface area contributed by atoms with Crippen LogP contribution >= 0.6 is 23.1 Å². The van der Waals surface area contributed by atoms with Crippen molar-refractivity contribution in [3.63, 3.8) is 0 Å². The third-order valence-corrected chi connectivity index (χ3v) is 10.5. The summed E-state index contributed by atoms with van der Waals surface area (Å²) in [5.74, 6) is -1.59. The standard InChI is InChI=1S/C39H35N3O5S2/c1-24(35(43)42-38-34(39(46)47-2)31-20-8-9-21-33(31)49-38)48-29-18-11-17-28(23-29)40-37(45)32(41-36(44)26-13-4-3-5-14-26)22-27-16-10-15-25-12-6-7-19-30(25)27/h3-7,10-19,22-24H,8-9,20-21H2,1-2H3,(H,40,45)(H,41,44)(H,42,43)/b32-22+. The zero-order chi connectivity index (χ0) is 34.3. The van der Waals surface area contributed by atoms with Crippen LogP contribution in [0.25, 0.3) is 16.8 Å². The van der Waals surface area contributed by atoms with Crippen LogP contribution in [0, 0.1) is 0 Å². The van der Waals surface area contributed by atoms with Crippen LogP contribution in [0.15, 0.2) is 108 Å². The average molecular weight is 690 g/mol. The number of anilines is 2. The van der Waals surface area contributed by atoms with E-state index in [-0.39, 0.29) is 11.6 Å². The van der Waals surface area contributed by atoms with Crippen LogP contribution in [0.3, 0.4) is 0 Å². The van der Waals surface area contributed by atoms with E-state index in [9.17, 15) is 19.2 Å². The van der Waals surface area contributed by atoms with Crippen LogP contribution in [0.1, 0.15) is 56.5 Å². The van der Waals surface area contributed by atoms with Gasteiger partial charge in [0.25, 0.3) is 11.8 Å². The maximum atomic E-state index is 13.8. The molecule has 5 aromatic rings. The second kappa shape index (κ2) is 15.4. The third-order valence-electron chi connectivity index (χ3n) is 8.22. The molecule has 0 fully saturated rings. The Bertz CT molecular complexity index is 2070. The Morgan fingerprint density at radius 2 is 1.59 bits per heavy atom. The van der Waals surface area contributed by atoms with Gasteiger partial charge in [0.1, 0.15) is 10.7 Å². The zero-order valence-electron chi connectivity index (χ0n) is 27.1. The number of methoxy groups -OCH3 is 1. The number of nitrogens with one attached hydrogen (secondary N) is 3. The number of carbonyl (C=O) groups excluding carboxylic acids is 4. The minimum absolute atomic E-state index is 0.0797. The normalized spacial score (nSPS) is 13.2. The largest absolute Gasteiger partial charge is 0.465 e. The number of rotatable bonds is 10. The quantitative estimate of drug-likeness (QED) is 0.0776. The topological polar surface area (TPSA) is 114 Å². The van der Waals surface area contributed by atoms with E-state index in [1.54, 1.807) is 55.5 Å². The number of thioether (sulfide) groups is 1. The summed E-state index contributed by atoms with van der Waals surface area (Å²) in [6, 6.07) is 29.5. The molecule has 1 heterocycles. The van der Waals surface area contributed by atoms with Crippen LogP contribution in [0.2, 0.25) is 0 Å². The summed E-state index contributed by atoms with van der Waals surface area (Å²) in [5, 5.41) is 10.7. The number of aryl methyl sites for hydroxylation is 1. The number of thiophene rings is 1. The van der Waals surface area contributed by atoms with Crippen molar-refractivity contribution in [1.29, 1.82) is 0 Å². The molecule has 0 radical (unpaired) electrons. The molecule has 1 aromatic heterocycles. The highest BCUT2D eigenvalue weighted by atomic mass is 32.2. The van der Waals surface area contributed by atoms with E-state index < -0.39 is 23.0 Å². The molecule has 3 N–H and O–H groups in total. The van der Waals surface area contributed by atoms with Crippen LogP contribution in [0.5, 0.6) is 0 Å². The van der Waals surface area contributed by atoms with Gasteiger partial charge >= 0.3 is 5.97 Å². The Hall–Kier alpha value is -5.19. The monoisotopic (exact) mass is 689 g/mol. The highest BCUT2D eigenvalue weighted by molar-refractivity contribution is 8.00. The second-order valence-electron chi connectivity index (χ2n) is 11.6. The fourth-order valence-corrected chi connectivity index (χ4v) is 7.97. The number of carbonyl (C=O) groups is 4. The van der Waals surface area contributed by atoms with Crippen LogP contribution in [-0.2, 0) is 27.2 Å². The van der Waals surface area contributed by atoms with E-state index in [4.69, 9.17) is 4.74 Å². The number of esters is 1. The number of fused-ring (bicyclic) bond motifs is 2. The molecule has 1 unspecified atom stereocenters. The van der Waals surface area contributed by atoms with Crippen molar-refractivity contribution in [2.45, 2.75) is 42.8 Å². The van der Waals surface area contributed by atoms with E-state index in [0.717, 1.165) is 57.4 Å². The van der Waals surface area contributed by atoms with Crippen LogP contribution in [-0.4, -0.2) is 36.1 Å². The molecular weight excluding hydrogens is 655 g/mol. The lowest BCUT2D eigenvalue weighted by molar-refractivity contribution is -0.115. The Morgan fingerprint density at radius 1 is 0.857 bits per heavy atom. The van der Waals surface area contributed by atoms with Gasteiger partial charge in [-0.3, -0.25) is 14.4 Å². The minimum atomic E-state index is -0.512. The van der Waals surface area contributed by atoms with Gasteiger partial charge in [0, 0.05) is 21.0 Å². The van der Waals surface area contributed by atoms with Crippen molar-refractivity contribution in [2.24, 2.45) is 0 Å². The molecule has 0 bridgehead atoms.